The monoisotopic (exact) mass is 506 g/mol. The summed E-state index contributed by atoms with van der Waals surface area (Å²) in [4.78, 5) is 0. The van der Waals surface area contributed by atoms with Gasteiger partial charge in [-0.25, -0.2) is 0 Å². The molecule has 186 valence electrons. The Morgan fingerprint density at radius 2 is 0.839 bits per heavy atom. The first kappa shape index (κ1) is 27.8. The summed E-state index contributed by atoms with van der Waals surface area (Å²) in [6.45, 7) is -1.08. The number of rotatable bonds is 7. The molecule has 19 heteroatoms. The minimum Gasteiger partial charge on any atom is -0.367 e. The van der Waals surface area contributed by atoms with Crippen molar-refractivity contribution < 1.29 is 84.5 Å². The van der Waals surface area contributed by atoms with E-state index >= 15 is 0 Å². The molecule has 1 fully saturated rings. The molecule has 0 aromatic carbocycles. The summed E-state index contributed by atoms with van der Waals surface area (Å²) in [5.41, 5.74) is 0. The maximum absolute atomic E-state index is 13.7. The summed E-state index contributed by atoms with van der Waals surface area (Å²) >= 11 is 0. The van der Waals surface area contributed by atoms with Crippen LogP contribution in [0, 0.1) is 5.92 Å². The summed E-state index contributed by atoms with van der Waals surface area (Å²) in [7, 11) is 0. The standard InChI is InChI=1S/C12H7F17O2/c13-5(14,3-1-2-31-4(3)30)6(15,16)7(17,18)8(19,20)9(21,22)10(23,24)11(25,26)12(27,28)29/h3-4,30H,1-2H2/t3-,4-/m0/s1. The number of ether oxygens (including phenoxy) is 1. The van der Waals surface area contributed by atoms with Crippen molar-refractivity contribution in [2.75, 3.05) is 6.61 Å². The van der Waals surface area contributed by atoms with Crippen LogP contribution >= 0.6 is 0 Å². The van der Waals surface area contributed by atoms with E-state index in [2.05, 4.69) is 4.74 Å². The fraction of sp³-hybridized carbons (Fsp3) is 1.00. The molecule has 0 saturated carbocycles. The van der Waals surface area contributed by atoms with Crippen molar-refractivity contribution >= 4 is 0 Å². The quantitative estimate of drug-likeness (QED) is 0.472. The smallest absolute Gasteiger partial charge is 0.367 e. The van der Waals surface area contributed by atoms with Gasteiger partial charge in [0.05, 0.1) is 12.5 Å². The molecule has 2 nitrogen and oxygen atoms in total. The van der Waals surface area contributed by atoms with Gasteiger partial charge in [-0.2, -0.15) is 74.6 Å². The van der Waals surface area contributed by atoms with Gasteiger partial charge >= 0.3 is 47.6 Å². The third kappa shape index (κ3) is 3.40. The van der Waals surface area contributed by atoms with Crippen LogP contribution in [0.15, 0.2) is 0 Å². The second-order valence-electron chi connectivity index (χ2n) is 6.22. The summed E-state index contributed by atoms with van der Waals surface area (Å²) in [5, 5.41) is 8.88. The maximum atomic E-state index is 13.7. The Kier molecular flexibility index (Phi) is 6.37. The molecule has 1 heterocycles. The van der Waals surface area contributed by atoms with Crippen LogP contribution in [0.25, 0.3) is 0 Å². The lowest BCUT2D eigenvalue weighted by atomic mass is 9.84. The van der Waals surface area contributed by atoms with E-state index in [0.717, 1.165) is 0 Å². The predicted octanol–water partition coefficient (Wildman–Crippen LogP) is 5.35. The Balaban J connectivity index is 3.61. The lowest BCUT2D eigenvalue weighted by Crippen LogP contribution is -2.75. The minimum absolute atomic E-state index is 1.08. The molecule has 1 N–H and O–H groups in total. The number of aliphatic hydroxyl groups excluding tert-OH is 1. The number of alkyl halides is 17. The molecule has 0 spiro atoms. The van der Waals surface area contributed by atoms with E-state index in [-0.39, 0.29) is 0 Å². The van der Waals surface area contributed by atoms with Gasteiger partial charge < -0.3 is 9.84 Å². The molecular weight excluding hydrogens is 499 g/mol. The molecule has 31 heavy (non-hydrogen) atoms. The maximum Gasteiger partial charge on any atom is 0.460 e. The zero-order valence-corrected chi connectivity index (χ0v) is 13.8. The first-order valence-electron chi connectivity index (χ1n) is 7.28. The van der Waals surface area contributed by atoms with Crippen molar-refractivity contribution in [2.45, 2.75) is 60.3 Å². The highest BCUT2D eigenvalue weighted by Gasteiger charge is 2.95. The van der Waals surface area contributed by atoms with Crippen LogP contribution in [0.2, 0.25) is 0 Å². The molecule has 0 amide bonds. The van der Waals surface area contributed by atoms with E-state index in [1.54, 1.807) is 0 Å². The van der Waals surface area contributed by atoms with Crippen molar-refractivity contribution in [1.82, 2.24) is 0 Å². The van der Waals surface area contributed by atoms with E-state index in [1.165, 1.54) is 0 Å². The largest absolute Gasteiger partial charge is 0.460 e. The van der Waals surface area contributed by atoms with Crippen molar-refractivity contribution in [3.8, 4) is 0 Å². The molecule has 0 bridgehead atoms. The summed E-state index contributed by atoms with van der Waals surface area (Å²) < 4.78 is 226. The zero-order chi connectivity index (χ0) is 25.3. The van der Waals surface area contributed by atoms with E-state index in [4.69, 9.17) is 5.11 Å². The highest BCUT2D eigenvalue weighted by atomic mass is 19.4. The van der Waals surface area contributed by atoms with E-state index in [9.17, 15) is 74.6 Å². The molecule has 1 aliphatic rings. The number of hydrogen-bond acceptors (Lipinski definition) is 2. The predicted molar refractivity (Wildman–Crippen MR) is 60.7 cm³/mol. The van der Waals surface area contributed by atoms with Crippen molar-refractivity contribution in [3.63, 3.8) is 0 Å². The number of hydrogen-bond donors (Lipinski definition) is 1. The first-order valence-corrected chi connectivity index (χ1v) is 7.28. The SMILES string of the molecule is O[C@H]1OCC[C@@H]1C(F)(F)C(F)(F)C(F)(F)C(F)(F)C(F)(F)C(F)(F)C(F)(F)C(F)(F)F. The van der Waals surface area contributed by atoms with Gasteiger partial charge in [0.15, 0.2) is 6.29 Å². The lowest BCUT2D eigenvalue weighted by Gasteiger charge is -2.43. The van der Waals surface area contributed by atoms with Crippen molar-refractivity contribution in [2.24, 2.45) is 5.92 Å². The van der Waals surface area contributed by atoms with Gasteiger partial charge in [-0.1, -0.05) is 0 Å². The molecule has 0 aromatic rings. The Labute approximate surface area is 158 Å². The Morgan fingerprint density at radius 3 is 1.13 bits per heavy atom. The lowest BCUT2D eigenvalue weighted by molar-refractivity contribution is -0.464. The third-order valence-corrected chi connectivity index (χ3v) is 4.27. The molecule has 1 aliphatic heterocycles. The third-order valence-electron chi connectivity index (χ3n) is 4.27. The Hall–Kier alpha value is -1.27. The topological polar surface area (TPSA) is 29.5 Å². The van der Waals surface area contributed by atoms with Crippen LogP contribution in [0.4, 0.5) is 74.6 Å². The molecule has 0 aromatic heterocycles. The second-order valence-corrected chi connectivity index (χ2v) is 6.22. The zero-order valence-electron chi connectivity index (χ0n) is 13.8. The molecule has 1 saturated heterocycles. The number of halogens is 17. The van der Waals surface area contributed by atoms with Gasteiger partial charge in [-0.15, -0.1) is 0 Å². The fourth-order valence-electron chi connectivity index (χ4n) is 2.34. The van der Waals surface area contributed by atoms with Crippen LogP contribution in [-0.4, -0.2) is 65.6 Å². The molecule has 0 radical (unpaired) electrons. The Bertz CT molecular complexity index is 667. The minimum atomic E-state index is -8.66. The fourth-order valence-corrected chi connectivity index (χ4v) is 2.34. The van der Waals surface area contributed by atoms with Gasteiger partial charge in [0, 0.05) is 0 Å². The highest BCUT2D eigenvalue weighted by molar-refractivity contribution is 5.16. The van der Waals surface area contributed by atoms with Crippen molar-refractivity contribution in [1.29, 1.82) is 0 Å². The Morgan fingerprint density at radius 1 is 0.516 bits per heavy atom. The highest BCUT2D eigenvalue weighted by Crippen LogP contribution is 2.64. The number of aliphatic hydroxyl groups is 1. The summed E-state index contributed by atoms with van der Waals surface area (Å²) in [5.74, 6) is -60.3. The van der Waals surface area contributed by atoms with Crippen LogP contribution in [0.5, 0.6) is 0 Å². The van der Waals surface area contributed by atoms with Crippen LogP contribution in [0.1, 0.15) is 6.42 Å². The van der Waals surface area contributed by atoms with Gasteiger partial charge in [-0.05, 0) is 6.42 Å². The summed E-state index contributed by atoms with van der Waals surface area (Å²) in [6.07, 6.45) is -12.3. The van der Waals surface area contributed by atoms with Crippen LogP contribution < -0.4 is 0 Å². The molecular formula is C12H7F17O2. The van der Waals surface area contributed by atoms with Crippen LogP contribution in [-0.2, 0) is 4.74 Å². The molecule has 0 unspecified atom stereocenters. The van der Waals surface area contributed by atoms with Gasteiger partial charge in [0.1, 0.15) is 0 Å². The van der Waals surface area contributed by atoms with Gasteiger partial charge in [-0.3, -0.25) is 0 Å². The van der Waals surface area contributed by atoms with Crippen molar-refractivity contribution in [3.05, 3.63) is 0 Å². The first-order chi connectivity index (χ1) is 13.3. The average molecular weight is 506 g/mol. The second kappa shape index (κ2) is 7.11. The molecule has 0 aliphatic carbocycles. The van der Waals surface area contributed by atoms with Gasteiger partial charge in [0.25, 0.3) is 0 Å². The summed E-state index contributed by atoms with van der Waals surface area (Å²) in [6, 6.07) is 0. The normalized spacial score (nSPS) is 23.4. The van der Waals surface area contributed by atoms with E-state index < -0.39 is 72.9 Å². The molecule has 1 rings (SSSR count). The van der Waals surface area contributed by atoms with Gasteiger partial charge in [0.2, 0.25) is 0 Å². The van der Waals surface area contributed by atoms with E-state index in [0.29, 0.717) is 0 Å². The van der Waals surface area contributed by atoms with Crippen LogP contribution in [0.3, 0.4) is 0 Å². The van der Waals surface area contributed by atoms with E-state index in [1.807, 2.05) is 0 Å². The molecule has 2 atom stereocenters. The average Bonchev–Trinajstić information content (AvgIpc) is 2.99.